The van der Waals surface area contributed by atoms with E-state index in [0.29, 0.717) is 5.69 Å². The Morgan fingerprint density at radius 1 is 1.39 bits per heavy atom. The van der Waals surface area contributed by atoms with Crippen LogP contribution >= 0.6 is 0 Å². The van der Waals surface area contributed by atoms with Gasteiger partial charge in [0.25, 0.3) is 15.9 Å². The highest BCUT2D eigenvalue weighted by atomic mass is 32.2. The Morgan fingerprint density at radius 2 is 2.11 bits per heavy atom. The van der Waals surface area contributed by atoms with Gasteiger partial charge in [-0.3, -0.25) is 4.79 Å². The van der Waals surface area contributed by atoms with Crippen LogP contribution in [-0.4, -0.2) is 43.8 Å². The zero-order valence-corrected chi connectivity index (χ0v) is 10.1. The molecule has 0 radical (unpaired) electrons. The Bertz CT molecular complexity index is 584. The van der Waals surface area contributed by atoms with Crippen molar-refractivity contribution >= 4 is 21.6 Å². The van der Waals surface area contributed by atoms with E-state index in [1.54, 1.807) is 0 Å². The molecule has 18 heavy (non-hydrogen) atoms. The van der Waals surface area contributed by atoms with Crippen molar-refractivity contribution in [2.75, 3.05) is 18.5 Å². The third-order valence-electron chi connectivity index (χ3n) is 2.49. The molecule has 0 spiro atoms. The van der Waals surface area contributed by atoms with E-state index in [4.69, 9.17) is 10.2 Å². The maximum Gasteiger partial charge on any atom is 0.266 e. The van der Waals surface area contributed by atoms with E-state index in [1.165, 1.54) is 18.2 Å². The average Bonchev–Trinajstić information content (AvgIpc) is 2.56. The molecule has 8 heteroatoms. The molecular formula is C10H12N2O5S. The van der Waals surface area contributed by atoms with Crippen LogP contribution in [0.2, 0.25) is 0 Å². The van der Waals surface area contributed by atoms with Gasteiger partial charge in [-0.25, -0.2) is 13.1 Å². The molecule has 1 aliphatic heterocycles. The van der Waals surface area contributed by atoms with Gasteiger partial charge in [-0.15, -0.1) is 0 Å². The maximum atomic E-state index is 11.5. The Morgan fingerprint density at radius 3 is 2.78 bits per heavy atom. The number of hydrogen-bond donors (Lipinski definition) is 4. The number of aliphatic hydroxyl groups excluding tert-OH is 2. The lowest BCUT2D eigenvalue weighted by atomic mass is 10.2. The van der Waals surface area contributed by atoms with Crippen LogP contribution in [0.25, 0.3) is 0 Å². The van der Waals surface area contributed by atoms with Crippen molar-refractivity contribution < 1.29 is 23.4 Å². The molecule has 1 aromatic rings. The first-order valence-corrected chi connectivity index (χ1v) is 6.66. The van der Waals surface area contributed by atoms with Gasteiger partial charge < -0.3 is 15.5 Å². The molecule has 0 bridgehead atoms. The highest BCUT2D eigenvalue weighted by molar-refractivity contribution is 7.90. The summed E-state index contributed by atoms with van der Waals surface area (Å²) in [6.07, 6.45) is -0.921. The lowest BCUT2D eigenvalue weighted by Crippen LogP contribution is -2.23. The standard InChI is InChI=1S/C10H12N2O5S/c13-5-7(14)4-11-6-1-2-9-8(3-6)10(15)12-18(9,16)17/h1-3,7,11,13-14H,4-5H2,(H,12,15). The average molecular weight is 272 g/mol. The van der Waals surface area contributed by atoms with Gasteiger partial charge in [-0.2, -0.15) is 0 Å². The molecule has 1 amide bonds. The summed E-state index contributed by atoms with van der Waals surface area (Å²) in [5, 5.41) is 20.6. The van der Waals surface area contributed by atoms with Crippen LogP contribution in [0.1, 0.15) is 10.4 Å². The fourth-order valence-electron chi connectivity index (χ4n) is 1.58. The maximum absolute atomic E-state index is 11.5. The van der Waals surface area contributed by atoms with E-state index in [1.807, 2.05) is 4.72 Å². The first-order chi connectivity index (χ1) is 8.44. The van der Waals surface area contributed by atoms with Gasteiger partial charge >= 0.3 is 0 Å². The third kappa shape index (κ3) is 2.30. The highest BCUT2D eigenvalue weighted by Crippen LogP contribution is 2.25. The van der Waals surface area contributed by atoms with Crippen LogP contribution in [-0.2, 0) is 10.0 Å². The van der Waals surface area contributed by atoms with Gasteiger partial charge in [0.15, 0.2) is 0 Å². The monoisotopic (exact) mass is 272 g/mol. The van der Waals surface area contributed by atoms with Crippen molar-refractivity contribution in [2.24, 2.45) is 0 Å². The number of rotatable bonds is 4. The SMILES string of the molecule is O=C1NS(=O)(=O)c2ccc(NCC(O)CO)cc21. The quantitative estimate of drug-likeness (QED) is 0.552. The van der Waals surface area contributed by atoms with Crippen molar-refractivity contribution in [2.45, 2.75) is 11.0 Å². The van der Waals surface area contributed by atoms with Crippen molar-refractivity contribution in [1.29, 1.82) is 0 Å². The van der Waals surface area contributed by atoms with E-state index < -0.39 is 22.0 Å². The molecule has 0 saturated carbocycles. The van der Waals surface area contributed by atoms with Crippen LogP contribution < -0.4 is 10.0 Å². The van der Waals surface area contributed by atoms with Crippen LogP contribution in [0.15, 0.2) is 23.1 Å². The Hall–Kier alpha value is -1.64. The molecule has 0 aromatic heterocycles. The molecule has 0 aliphatic carbocycles. The van der Waals surface area contributed by atoms with Crippen molar-refractivity contribution in [1.82, 2.24) is 4.72 Å². The van der Waals surface area contributed by atoms with E-state index in [2.05, 4.69) is 5.32 Å². The predicted octanol–water partition coefficient (Wildman–Crippen LogP) is -1.12. The summed E-state index contributed by atoms with van der Waals surface area (Å²) < 4.78 is 24.8. The number of sulfonamides is 1. The highest BCUT2D eigenvalue weighted by Gasteiger charge is 2.32. The van der Waals surface area contributed by atoms with E-state index in [0.717, 1.165) is 0 Å². The molecule has 1 atom stereocenters. The van der Waals surface area contributed by atoms with E-state index >= 15 is 0 Å². The van der Waals surface area contributed by atoms with Gasteiger partial charge in [0.05, 0.1) is 18.3 Å². The van der Waals surface area contributed by atoms with E-state index in [9.17, 15) is 13.2 Å². The number of carbonyl (C=O) groups excluding carboxylic acids is 1. The molecule has 1 aromatic carbocycles. The van der Waals surface area contributed by atoms with Gasteiger partial charge in [0.2, 0.25) is 0 Å². The van der Waals surface area contributed by atoms with Gasteiger partial charge in [-0.1, -0.05) is 0 Å². The molecule has 0 saturated heterocycles. The molecule has 1 heterocycles. The molecule has 1 unspecified atom stereocenters. The summed E-state index contributed by atoms with van der Waals surface area (Å²) in [4.78, 5) is 11.4. The number of amides is 1. The molecule has 0 fully saturated rings. The Kier molecular flexibility index (Phi) is 3.24. The lowest BCUT2D eigenvalue weighted by molar-refractivity contribution is 0.0985. The predicted molar refractivity (Wildman–Crippen MR) is 62.7 cm³/mol. The number of hydrogen-bond acceptors (Lipinski definition) is 6. The number of aliphatic hydroxyl groups is 2. The zero-order chi connectivity index (χ0) is 13.3. The smallest absolute Gasteiger partial charge is 0.266 e. The van der Waals surface area contributed by atoms with Gasteiger partial charge in [-0.05, 0) is 18.2 Å². The normalized spacial score (nSPS) is 18.0. The van der Waals surface area contributed by atoms with Crippen LogP contribution in [0.3, 0.4) is 0 Å². The fraction of sp³-hybridized carbons (Fsp3) is 0.300. The Labute approximate surface area is 103 Å². The summed E-state index contributed by atoms with van der Waals surface area (Å²) in [6.45, 7) is -0.281. The summed E-state index contributed by atoms with van der Waals surface area (Å²) in [5.74, 6) is -0.670. The second-order valence-corrected chi connectivity index (χ2v) is 5.51. The van der Waals surface area contributed by atoms with Crippen LogP contribution in [0.5, 0.6) is 0 Å². The third-order valence-corrected chi connectivity index (χ3v) is 3.88. The van der Waals surface area contributed by atoms with Crippen molar-refractivity contribution in [3.05, 3.63) is 23.8 Å². The second-order valence-electron chi connectivity index (χ2n) is 3.86. The van der Waals surface area contributed by atoms with Gasteiger partial charge in [0.1, 0.15) is 4.90 Å². The number of benzene rings is 1. The van der Waals surface area contributed by atoms with Crippen molar-refractivity contribution in [3.63, 3.8) is 0 Å². The molecule has 2 rings (SSSR count). The van der Waals surface area contributed by atoms with Crippen molar-refractivity contribution in [3.8, 4) is 0 Å². The molecular weight excluding hydrogens is 260 g/mol. The molecule has 7 nitrogen and oxygen atoms in total. The molecule has 4 N–H and O–H groups in total. The van der Waals surface area contributed by atoms with Crippen LogP contribution in [0, 0.1) is 0 Å². The minimum absolute atomic E-state index is 0.0549. The largest absolute Gasteiger partial charge is 0.394 e. The Balaban J connectivity index is 2.24. The number of anilines is 1. The number of fused-ring (bicyclic) bond motifs is 1. The molecule has 98 valence electrons. The first kappa shape index (κ1) is 12.8. The second kappa shape index (κ2) is 4.56. The minimum atomic E-state index is -3.72. The first-order valence-electron chi connectivity index (χ1n) is 5.18. The fourth-order valence-corrected chi connectivity index (χ4v) is 2.74. The summed E-state index contributed by atoms with van der Waals surface area (Å²) in [5.41, 5.74) is 0.562. The number of nitrogens with one attached hydrogen (secondary N) is 2. The topological polar surface area (TPSA) is 116 Å². The summed E-state index contributed by atoms with van der Waals surface area (Å²) in [7, 11) is -3.72. The van der Waals surface area contributed by atoms with Crippen LogP contribution in [0.4, 0.5) is 5.69 Å². The lowest BCUT2D eigenvalue weighted by Gasteiger charge is -2.10. The minimum Gasteiger partial charge on any atom is -0.394 e. The zero-order valence-electron chi connectivity index (χ0n) is 9.25. The molecule has 1 aliphatic rings. The summed E-state index contributed by atoms with van der Waals surface area (Å²) in [6, 6.07) is 4.19. The van der Waals surface area contributed by atoms with Gasteiger partial charge in [0, 0.05) is 12.2 Å². The summed E-state index contributed by atoms with van der Waals surface area (Å²) >= 11 is 0. The number of carbonyl (C=O) groups is 1. The van der Waals surface area contributed by atoms with E-state index in [-0.39, 0.29) is 23.6 Å².